The van der Waals surface area contributed by atoms with Gasteiger partial charge in [-0.25, -0.2) is 0 Å². The Morgan fingerprint density at radius 1 is 1.31 bits per heavy atom. The Morgan fingerprint density at radius 3 is 2.62 bits per heavy atom. The third kappa shape index (κ3) is 3.18. The van der Waals surface area contributed by atoms with Gasteiger partial charge in [-0.15, -0.1) is 11.8 Å². The highest BCUT2D eigenvalue weighted by Crippen LogP contribution is 2.41. The number of aryl methyl sites for hydroxylation is 1. The number of anilines is 1. The molecular formula is C14H23NS. The van der Waals surface area contributed by atoms with Crippen LogP contribution in [-0.2, 0) is 6.42 Å². The van der Waals surface area contributed by atoms with Crippen LogP contribution < -0.4 is 5.32 Å². The third-order valence-corrected chi connectivity index (χ3v) is 3.82. The molecule has 0 radical (unpaired) electrons. The van der Waals surface area contributed by atoms with Gasteiger partial charge in [-0.3, -0.25) is 0 Å². The van der Waals surface area contributed by atoms with E-state index in [0.29, 0.717) is 4.75 Å². The molecule has 1 aromatic rings. The molecule has 0 atom stereocenters. The van der Waals surface area contributed by atoms with E-state index < -0.39 is 0 Å². The first-order valence-electron chi connectivity index (χ1n) is 6.16. The van der Waals surface area contributed by atoms with Crippen LogP contribution in [0.5, 0.6) is 0 Å². The summed E-state index contributed by atoms with van der Waals surface area (Å²) < 4.78 is 0.320. The van der Waals surface area contributed by atoms with Gasteiger partial charge in [0.05, 0.1) is 0 Å². The van der Waals surface area contributed by atoms with Gasteiger partial charge in [-0.2, -0.15) is 0 Å². The lowest BCUT2D eigenvalue weighted by atomic mass is 10.1. The van der Waals surface area contributed by atoms with E-state index in [4.69, 9.17) is 0 Å². The summed E-state index contributed by atoms with van der Waals surface area (Å²) in [4.78, 5) is 1.39. The SMILES string of the molecule is CC.CCc1ccc2c(c1)NCC(C)(C)S2. The van der Waals surface area contributed by atoms with Gasteiger partial charge in [0.1, 0.15) is 0 Å². The zero-order valence-corrected chi connectivity index (χ0v) is 11.9. The molecule has 2 heteroatoms. The quantitative estimate of drug-likeness (QED) is 0.768. The van der Waals surface area contributed by atoms with E-state index in [2.05, 4.69) is 44.3 Å². The molecule has 2 rings (SSSR count). The normalized spacial score (nSPS) is 16.6. The van der Waals surface area contributed by atoms with Gasteiger partial charge >= 0.3 is 0 Å². The molecule has 1 aliphatic rings. The molecule has 1 aromatic carbocycles. The zero-order valence-electron chi connectivity index (χ0n) is 11.1. The molecule has 1 nitrogen and oxygen atoms in total. The van der Waals surface area contributed by atoms with Crippen LogP contribution in [0.25, 0.3) is 0 Å². The van der Waals surface area contributed by atoms with Crippen LogP contribution in [0.15, 0.2) is 23.1 Å². The predicted octanol–water partition coefficient (Wildman–Crippen LogP) is 4.57. The topological polar surface area (TPSA) is 12.0 Å². The minimum atomic E-state index is 0.320. The Bertz CT molecular complexity index is 345. The van der Waals surface area contributed by atoms with Crippen molar-refractivity contribution in [2.24, 2.45) is 0 Å². The fourth-order valence-corrected chi connectivity index (χ4v) is 2.78. The number of benzene rings is 1. The largest absolute Gasteiger partial charge is 0.383 e. The highest BCUT2D eigenvalue weighted by molar-refractivity contribution is 8.00. The van der Waals surface area contributed by atoms with E-state index in [1.165, 1.54) is 16.1 Å². The summed E-state index contributed by atoms with van der Waals surface area (Å²) in [5, 5.41) is 3.51. The van der Waals surface area contributed by atoms with Crippen LogP contribution >= 0.6 is 11.8 Å². The Hall–Kier alpha value is -0.630. The summed E-state index contributed by atoms with van der Waals surface area (Å²) in [6.45, 7) is 11.8. The Morgan fingerprint density at radius 2 is 2.00 bits per heavy atom. The maximum absolute atomic E-state index is 3.51. The van der Waals surface area contributed by atoms with Gasteiger partial charge in [0.15, 0.2) is 0 Å². The van der Waals surface area contributed by atoms with Crippen molar-refractivity contribution >= 4 is 17.4 Å². The molecule has 0 amide bonds. The number of hydrogen-bond acceptors (Lipinski definition) is 2. The molecule has 0 unspecified atom stereocenters. The molecule has 1 heterocycles. The minimum Gasteiger partial charge on any atom is -0.383 e. The zero-order chi connectivity index (χ0) is 12.2. The molecular weight excluding hydrogens is 214 g/mol. The summed E-state index contributed by atoms with van der Waals surface area (Å²) in [5.74, 6) is 0. The van der Waals surface area contributed by atoms with E-state index in [1.54, 1.807) is 0 Å². The van der Waals surface area contributed by atoms with E-state index in [9.17, 15) is 0 Å². The molecule has 1 aliphatic heterocycles. The summed E-state index contributed by atoms with van der Waals surface area (Å²) in [6.07, 6.45) is 1.11. The van der Waals surface area contributed by atoms with Crippen LogP contribution in [0.2, 0.25) is 0 Å². The molecule has 0 aliphatic carbocycles. The molecule has 0 aromatic heterocycles. The maximum Gasteiger partial charge on any atom is 0.0481 e. The lowest BCUT2D eigenvalue weighted by Gasteiger charge is -2.31. The van der Waals surface area contributed by atoms with Crippen LogP contribution in [-0.4, -0.2) is 11.3 Å². The van der Waals surface area contributed by atoms with Crippen molar-refractivity contribution in [1.82, 2.24) is 0 Å². The average molecular weight is 237 g/mol. The molecule has 90 valence electrons. The predicted molar refractivity (Wildman–Crippen MR) is 75.6 cm³/mol. The van der Waals surface area contributed by atoms with Crippen molar-refractivity contribution in [3.63, 3.8) is 0 Å². The van der Waals surface area contributed by atoms with Gasteiger partial charge in [0, 0.05) is 21.9 Å². The number of rotatable bonds is 1. The van der Waals surface area contributed by atoms with Crippen molar-refractivity contribution in [1.29, 1.82) is 0 Å². The fourth-order valence-electron chi connectivity index (χ4n) is 1.67. The molecule has 0 bridgehead atoms. The summed E-state index contributed by atoms with van der Waals surface area (Å²) in [5.41, 5.74) is 2.73. The second-order valence-electron chi connectivity index (χ2n) is 4.40. The van der Waals surface area contributed by atoms with Crippen molar-refractivity contribution in [3.8, 4) is 0 Å². The van der Waals surface area contributed by atoms with Gasteiger partial charge in [0.25, 0.3) is 0 Å². The fraction of sp³-hybridized carbons (Fsp3) is 0.571. The van der Waals surface area contributed by atoms with E-state index in [0.717, 1.165) is 13.0 Å². The van der Waals surface area contributed by atoms with Gasteiger partial charge < -0.3 is 5.32 Å². The Labute approximate surface area is 104 Å². The van der Waals surface area contributed by atoms with E-state index >= 15 is 0 Å². The monoisotopic (exact) mass is 237 g/mol. The van der Waals surface area contributed by atoms with Crippen molar-refractivity contribution in [3.05, 3.63) is 23.8 Å². The first-order valence-corrected chi connectivity index (χ1v) is 6.98. The molecule has 0 saturated heterocycles. The summed E-state index contributed by atoms with van der Waals surface area (Å²) >= 11 is 1.97. The first-order chi connectivity index (χ1) is 7.61. The van der Waals surface area contributed by atoms with Gasteiger partial charge in [-0.05, 0) is 38.0 Å². The maximum atomic E-state index is 3.51. The number of thioether (sulfide) groups is 1. The standard InChI is InChI=1S/C12H17NS.C2H6/c1-4-9-5-6-11-10(7-9)13-8-12(2,3)14-11;1-2/h5-7,13H,4,8H2,1-3H3;1-2H3. The second-order valence-corrected chi connectivity index (χ2v) is 6.15. The first kappa shape index (κ1) is 13.4. The molecule has 0 fully saturated rings. The van der Waals surface area contributed by atoms with Crippen LogP contribution in [0, 0.1) is 0 Å². The lowest BCUT2D eigenvalue weighted by molar-refractivity contribution is 0.739. The Balaban J connectivity index is 0.000000606. The lowest BCUT2D eigenvalue weighted by Crippen LogP contribution is -2.29. The number of fused-ring (bicyclic) bond motifs is 1. The van der Waals surface area contributed by atoms with E-state index in [1.807, 2.05) is 25.6 Å². The van der Waals surface area contributed by atoms with Crippen molar-refractivity contribution in [2.45, 2.75) is 50.7 Å². The van der Waals surface area contributed by atoms with Crippen LogP contribution in [0.4, 0.5) is 5.69 Å². The molecule has 16 heavy (non-hydrogen) atoms. The summed E-state index contributed by atoms with van der Waals surface area (Å²) in [6, 6.07) is 6.75. The van der Waals surface area contributed by atoms with Crippen LogP contribution in [0.1, 0.15) is 40.2 Å². The van der Waals surface area contributed by atoms with Crippen LogP contribution in [0.3, 0.4) is 0 Å². The second kappa shape index (κ2) is 5.62. The van der Waals surface area contributed by atoms with E-state index in [-0.39, 0.29) is 0 Å². The molecule has 0 spiro atoms. The average Bonchev–Trinajstić information content (AvgIpc) is 2.30. The van der Waals surface area contributed by atoms with Gasteiger partial charge in [-0.1, -0.05) is 26.8 Å². The number of hydrogen-bond donors (Lipinski definition) is 1. The molecule has 0 saturated carbocycles. The highest BCUT2D eigenvalue weighted by Gasteiger charge is 2.25. The minimum absolute atomic E-state index is 0.320. The van der Waals surface area contributed by atoms with Crippen molar-refractivity contribution < 1.29 is 0 Å². The van der Waals surface area contributed by atoms with Gasteiger partial charge in [0.2, 0.25) is 0 Å². The Kier molecular flexibility index (Phi) is 4.72. The molecule has 1 N–H and O–H groups in total. The third-order valence-electron chi connectivity index (χ3n) is 2.54. The highest BCUT2D eigenvalue weighted by atomic mass is 32.2. The smallest absolute Gasteiger partial charge is 0.0481 e. The number of nitrogens with one attached hydrogen (secondary N) is 1. The van der Waals surface area contributed by atoms with Crippen molar-refractivity contribution in [2.75, 3.05) is 11.9 Å². The summed E-state index contributed by atoms with van der Waals surface area (Å²) in [7, 11) is 0.